The lowest BCUT2D eigenvalue weighted by Crippen LogP contribution is -2.50. The third-order valence-electron chi connectivity index (χ3n) is 2.22. The van der Waals surface area contributed by atoms with E-state index < -0.39 is 19.2 Å². The zero-order chi connectivity index (χ0) is 11.5. The van der Waals surface area contributed by atoms with Crippen LogP contribution in [0.4, 0.5) is 0 Å². The molecule has 0 aromatic heterocycles. The first kappa shape index (κ1) is 12.7. The van der Waals surface area contributed by atoms with Crippen molar-refractivity contribution in [2.24, 2.45) is 0 Å². The maximum atomic E-state index is 12.2. The molecule has 0 amide bonds. The molecule has 0 saturated carbocycles. The molecule has 1 fully saturated rings. The summed E-state index contributed by atoms with van der Waals surface area (Å²) in [5, 5.41) is 0. The van der Waals surface area contributed by atoms with Crippen molar-refractivity contribution < 1.29 is 23.1 Å². The number of ether oxygens (including phenoxy) is 1. The summed E-state index contributed by atoms with van der Waals surface area (Å²) in [6.07, 6.45) is 0.294. The summed E-state index contributed by atoms with van der Waals surface area (Å²) >= 11 is 0. The van der Waals surface area contributed by atoms with E-state index in [0.717, 1.165) is 0 Å². The minimum absolute atomic E-state index is 0.261. The summed E-state index contributed by atoms with van der Waals surface area (Å²) in [4.78, 5) is 11.2. The zero-order valence-corrected chi connectivity index (χ0v) is 10.2. The Morgan fingerprint density at radius 3 is 2.13 bits per heavy atom. The van der Waals surface area contributed by atoms with Gasteiger partial charge in [-0.15, -0.1) is 0 Å². The second kappa shape index (κ2) is 5.10. The predicted octanol–water partition coefficient (Wildman–Crippen LogP) is 1.96. The molecule has 5 nitrogen and oxygen atoms in total. The molecular formula is C9H17O5P. The molecule has 0 unspecified atom stereocenters. The fourth-order valence-electron chi connectivity index (χ4n) is 1.56. The van der Waals surface area contributed by atoms with Gasteiger partial charge in [0.15, 0.2) is 5.66 Å². The van der Waals surface area contributed by atoms with Gasteiger partial charge < -0.3 is 13.8 Å². The Kier molecular flexibility index (Phi) is 4.32. The van der Waals surface area contributed by atoms with Crippen LogP contribution in [0.2, 0.25) is 0 Å². The van der Waals surface area contributed by atoms with Crippen LogP contribution in [-0.4, -0.2) is 30.9 Å². The lowest BCUT2D eigenvalue weighted by Gasteiger charge is -2.37. The molecule has 2 atom stereocenters. The number of hydrogen-bond donors (Lipinski definition) is 0. The Balaban J connectivity index is 2.78. The number of esters is 1. The summed E-state index contributed by atoms with van der Waals surface area (Å²) < 4.78 is 27.3. The molecule has 0 N–H and O–H groups in total. The molecule has 15 heavy (non-hydrogen) atoms. The summed E-state index contributed by atoms with van der Waals surface area (Å²) in [6, 6.07) is 0. The molecule has 6 heteroatoms. The number of cyclic esters (lactones) is 1. The first-order valence-electron chi connectivity index (χ1n) is 5.18. The van der Waals surface area contributed by atoms with Crippen molar-refractivity contribution in [3.63, 3.8) is 0 Å². The molecule has 0 aromatic rings. The number of hydrogen-bond acceptors (Lipinski definition) is 5. The van der Waals surface area contributed by atoms with Gasteiger partial charge in [-0.3, -0.25) is 9.36 Å². The van der Waals surface area contributed by atoms with E-state index >= 15 is 0 Å². The highest BCUT2D eigenvalue weighted by molar-refractivity contribution is 7.56. The smallest absolute Gasteiger partial charge is 0.348 e. The summed E-state index contributed by atoms with van der Waals surface area (Å²) in [6.45, 7) is 5.83. The topological polar surface area (TPSA) is 61.8 Å². The van der Waals surface area contributed by atoms with Crippen LogP contribution in [0, 0.1) is 0 Å². The van der Waals surface area contributed by atoms with Crippen LogP contribution in [-0.2, 0) is 23.1 Å². The molecule has 1 heterocycles. The van der Waals surface area contributed by atoms with Gasteiger partial charge >= 0.3 is 13.6 Å². The molecule has 1 saturated heterocycles. The van der Waals surface area contributed by atoms with Crippen LogP contribution in [0.5, 0.6) is 0 Å². The first-order valence-corrected chi connectivity index (χ1v) is 6.79. The summed E-state index contributed by atoms with van der Waals surface area (Å²) in [7, 11) is -3.33. The summed E-state index contributed by atoms with van der Waals surface area (Å²) in [5.74, 6) is -0.480. The predicted molar refractivity (Wildman–Crippen MR) is 54.8 cm³/mol. The van der Waals surface area contributed by atoms with E-state index in [0.29, 0.717) is 6.42 Å². The monoisotopic (exact) mass is 236 g/mol. The van der Waals surface area contributed by atoms with Crippen molar-refractivity contribution in [1.82, 2.24) is 0 Å². The van der Waals surface area contributed by atoms with Gasteiger partial charge in [0.25, 0.3) is 0 Å². The zero-order valence-electron chi connectivity index (χ0n) is 9.26. The molecule has 88 valence electrons. The van der Waals surface area contributed by atoms with Crippen molar-refractivity contribution in [2.45, 2.75) is 39.0 Å². The van der Waals surface area contributed by atoms with E-state index in [4.69, 9.17) is 13.8 Å². The van der Waals surface area contributed by atoms with E-state index in [-0.39, 0.29) is 19.3 Å². The van der Waals surface area contributed by atoms with E-state index in [9.17, 15) is 9.36 Å². The van der Waals surface area contributed by atoms with Crippen LogP contribution in [0.3, 0.4) is 0 Å². The lowest BCUT2D eigenvalue weighted by atomic mass is 10.1. The van der Waals surface area contributed by atoms with Gasteiger partial charge in [0.05, 0.1) is 13.2 Å². The number of rotatable bonds is 6. The standard InChI is InChI=1S/C9H17O5P/c1-4-7-8(9(10)14-7)15(11,12-5-2)13-6-3/h7-8H,4-6H2,1-3H3/t7-,8-/m1/s1. The fraction of sp³-hybridized carbons (Fsp3) is 0.889. The highest BCUT2D eigenvalue weighted by Gasteiger charge is 2.55. The van der Waals surface area contributed by atoms with Gasteiger partial charge in [0.2, 0.25) is 0 Å². The Bertz CT molecular complexity index is 268. The highest BCUT2D eigenvalue weighted by Crippen LogP contribution is 2.58. The summed E-state index contributed by atoms with van der Waals surface area (Å²) in [5.41, 5.74) is -0.734. The van der Waals surface area contributed by atoms with Gasteiger partial charge in [-0.1, -0.05) is 6.92 Å². The van der Waals surface area contributed by atoms with Gasteiger partial charge in [-0.2, -0.15) is 0 Å². The number of carbonyl (C=O) groups is 1. The SMILES string of the molecule is CCOP(=O)(OCC)[C@H]1C(=O)O[C@@H]1CC. The molecule has 0 radical (unpaired) electrons. The van der Waals surface area contributed by atoms with Gasteiger partial charge in [0, 0.05) is 0 Å². The fourth-order valence-corrected chi connectivity index (χ4v) is 3.67. The van der Waals surface area contributed by atoms with Crippen molar-refractivity contribution in [1.29, 1.82) is 0 Å². The van der Waals surface area contributed by atoms with Crippen molar-refractivity contribution in [3.8, 4) is 0 Å². The van der Waals surface area contributed by atoms with Gasteiger partial charge in [0.1, 0.15) is 6.10 Å². The molecule has 1 rings (SSSR count). The average Bonchev–Trinajstić information content (AvgIpc) is 2.14. The Morgan fingerprint density at radius 1 is 1.27 bits per heavy atom. The molecule has 0 aromatic carbocycles. The minimum atomic E-state index is -3.33. The van der Waals surface area contributed by atoms with Crippen LogP contribution >= 0.6 is 7.60 Å². The van der Waals surface area contributed by atoms with Crippen molar-refractivity contribution in [3.05, 3.63) is 0 Å². The minimum Gasteiger partial charge on any atom is -0.460 e. The largest absolute Gasteiger partial charge is 0.460 e. The maximum Gasteiger partial charge on any atom is 0.348 e. The van der Waals surface area contributed by atoms with Gasteiger partial charge in [-0.25, -0.2) is 0 Å². The van der Waals surface area contributed by atoms with Gasteiger partial charge in [-0.05, 0) is 20.3 Å². The first-order chi connectivity index (χ1) is 7.09. The Morgan fingerprint density at radius 2 is 1.80 bits per heavy atom. The third kappa shape index (κ3) is 2.41. The second-order valence-electron chi connectivity index (χ2n) is 3.20. The Labute approximate surface area is 89.6 Å². The van der Waals surface area contributed by atoms with E-state index in [2.05, 4.69) is 0 Å². The average molecular weight is 236 g/mol. The van der Waals surface area contributed by atoms with Crippen molar-refractivity contribution in [2.75, 3.05) is 13.2 Å². The van der Waals surface area contributed by atoms with Crippen molar-refractivity contribution >= 4 is 13.6 Å². The van der Waals surface area contributed by atoms with Crippen LogP contribution in [0.25, 0.3) is 0 Å². The lowest BCUT2D eigenvalue weighted by molar-refractivity contribution is -0.169. The second-order valence-corrected chi connectivity index (χ2v) is 5.36. The molecule has 1 aliphatic heterocycles. The highest BCUT2D eigenvalue weighted by atomic mass is 31.2. The van der Waals surface area contributed by atoms with E-state index in [1.54, 1.807) is 13.8 Å². The normalized spacial score (nSPS) is 25.9. The van der Waals surface area contributed by atoms with Crippen LogP contribution in [0.15, 0.2) is 0 Å². The molecule has 0 spiro atoms. The Hall–Kier alpha value is -0.380. The van der Waals surface area contributed by atoms with E-state index in [1.165, 1.54) is 0 Å². The molecule has 0 aliphatic carbocycles. The molecule has 0 bridgehead atoms. The number of carbonyl (C=O) groups excluding carboxylic acids is 1. The quantitative estimate of drug-likeness (QED) is 0.521. The van der Waals surface area contributed by atoms with E-state index in [1.807, 2.05) is 6.92 Å². The third-order valence-corrected chi connectivity index (χ3v) is 4.68. The van der Waals surface area contributed by atoms with Crippen LogP contribution in [0.1, 0.15) is 27.2 Å². The molecule has 1 aliphatic rings. The van der Waals surface area contributed by atoms with Crippen LogP contribution < -0.4 is 0 Å². The molecular weight excluding hydrogens is 219 g/mol. The maximum absolute atomic E-state index is 12.2.